The molecule has 4 heterocycles. The maximum Gasteiger partial charge on any atom is 0.279 e. The van der Waals surface area contributed by atoms with E-state index in [0.717, 1.165) is 12.3 Å². The van der Waals surface area contributed by atoms with Crippen molar-refractivity contribution in [2.75, 3.05) is 0 Å². The van der Waals surface area contributed by atoms with E-state index in [1.807, 2.05) is 0 Å². The van der Waals surface area contributed by atoms with Gasteiger partial charge in [-0.1, -0.05) is 18.2 Å². The van der Waals surface area contributed by atoms with Gasteiger partial charge in [0, 0.05) is 30.4 Å². The molecule has 0 saturated carbocycles. The van der Waals surface area contributed by atoms with Crippen LogP contribution in [0.1, 0.15) is 12.1 Å². The van der Waals surface area contributed by atoms with Gasteiger partial charge in [0.1, 0.15) is 17.2 Å². The fourth-order valence-corrected chi connectivity index (χ4v) is 5.32. The predicted octanol–water partition coefficient (Wildman–Crippen LogP) is 4.81. The van der Waals surface area contributed by atoms with E-state index < -0.39 is 28.0 Å². The van der Waals surface area contributed by atoms with Crippen LogP contribution >= 0.6 is 0 Å². The minimum absolute atomic E-state index is 0.140. The van der Waals surface area contributed by atoms with Crippen LogP contribution in [0.4, 0.5) is 13.2 Å². The summed E-state index contributed by atoms with van der Waals surface area (Å²) in [4.78, 5) is 8.07. The zero-order valence-corrected chi connectivity index (χ0v) is 18.4. The van der Waals surface area contributed by atoms with Crippen molar-refractivity contribution < 1.29 is 21.6 Å². The first kappa shape index (κ1) is 21.8. The highest BCUT2D eigenvalue weighted by atomic mass is 32.2. The molecule has 0 atom stereocenters. The van der Waals surface area contributed by atoms with Crippen LogP contribution in [0.3, 0.4) is 0 Å². The van der Waals surface area contributed by atoms with Crippen molar-refractivity contribution in [2.45, 2.75) is 11.3 Å². The van der Waals surface area contributed by atoms with Crippen LogP contribution < -0.4 is 0 Å². The first-order valence-corrected chi connectivity index (χ1v) is 11.5. The van der Waals surface area contributed by atoms with Crippen molar-refractivity contribution in [3.8, 4) is 22.5 Å². The van der Waals surface area contributed by atoms with Crippen molar-refractivity contribution in [1.29, 1.82) is 0 Å². The Bertz CT molecular complexity index is 1610. The average molecular weight is 483 g/mol. The molecular weight excluding hydrogens is 467 g/mol. The number of fused-ring (bicyclic) bond motifs is 1. The van der Waals surface area contributed by atoms with Crippen LogP contribution in [0, 0.1) is 5.82 Å². The molecule has 34 heavy (non-hydrogen) atoms. The lowest BCUT2D eigenvalue weighted by Crippen LogP contribution is -2.16. The lowest BCUT2D eigenvalue weighted by molar-refractivity contribution is 0.145. The second-order valence-electron chi connectivity index (χ2n) is 7.47. The number of nitrogens with zero attached hydrogens (tertiary/aromatic N) is 5. The highest BCUT2D eigenvalue weighted by Crippen LogP contribution is 2.38. The number of aryl methyl sites for hydroxylation is 1. The van der Waals surface area contributed by atoms with Gasteiger partial charge < -0.3 is 0 Å². The molecule has 0 bridgehead atoms. The van der Waals surface area contributed by atoms with E-state index in [2.05, 4.69) is 15.1 Å². The Morgan fingerprint density at radius 2 is 1.74 bits per heavy atom. The van der Waals surface area contributed by atoms with Gasteiger partial charge in [-0.15, -0.1) is 0 Å². The van der Waals surface area contributed by atoms with E-state index in [0.29, 0.717) is 26.5 Å². The molecule has 0 spiro atoms. The van der Waals surface area contributed by atoms with Gasteiger partial charge in [-0.3, -0.25) is 9.67 Å². The highest BCUT2D eigenvalue weighted by Gasteiger charge is 2.29. The van der Waals surface area contributed by atoms with E-state index in [9.17, 15) is 21.6 Å². The summed E-state index contributed by atoms with van der Waals surface area (Å²) in [5.74, 6) is -0.516. The van der Waals surface area contributed by atoms with Gasteiger partial charge in [-0.2, -0.15) is 5.10 Å². The second-order valence-corrected chi connectivity index (χ2v) is 9.26. The molecule has 7 nitrogen and oxygen atoms in total. The number of benzene rings is 1. The Balaban J connectivity index is 1.79. The van der Waals surface area contributed by atoms with Gasteiger partial charge in [-0.05, 0) is 42.0 Å². The fraction of sp³-hybridized carbons (Fsp3) is 0.0870. The van der Waals surface area contributed by atoms with Crippen molar-refractivity contribution >= 4 is 21.1 Å². The molecule has 5 rings (SSSR count). The van der Waals surface area contributed by atoms with Crippen molar-refractivity contribution in [3.63, 3.8) is 0 Å². The number of aromatic nitrogens is 5. The molecule has 0 N–H and O–H groups in total. The summed E-state index contributed by atoms with van der Waals surface area (Å²) in [5, 5.41) is 4.60. The minimum Gasteiger partial charge on any atom is -0.274 e. The zero-order valence-electron chi connectivity index (χ0n) is 17.6. The summed E-state index contributed by atoms with van der Waals surface area (Å²) in [6.07, 6.45) is 0.972. The molecule has 0 radical (unpaired) electrons. The molecule has 0 aliphatic carbocycles. The third-order valence-electron chi connectivity index (χ3n) is 5.28. The molecule has 4 aromatic heterocycles. The van der Waals surface area contributed by atoms with Gasteiger partial charge in [0.25, 0.3) is 16.4 Å². The Labute approximate surface area is 192 Å². The first-order chi connectivity index (χ1) is 16.3. The summed E-state index contributed by atoms with van der Waals surface area (Å²) < 4.78 is 70.3. The topological polar surface area (TPSA) is 82.7 Å². The Morgan fingerprint density at radius 1 is 0.971 bits per heavy atom. The minimum atomic E-state index is -4.36. The van der Waals surface area contributed by atoms with Crippen LogP contribution in [0.25, 0.3) is 33.5 Å². The smallest absolute Gasteiger partial charge is 0.274 e. The quantitative estimate of drug-likeness (QED) is 0.358. The lowest BCUT2D eigenvalue weighted by Gasteiger charge is -2.11. The van der Waals surface area contributed by atoms with E-state index in [1.54, 1.807) is 25.4 Å². The van der Waals surface area contributed by atoms with Crippen molar-refractivity contribution in [1.82, 2.24) is 23.7 Å². The van der Waals surface area contributed by atoms with Crippen molar-refractivity contribution in [2.24, 2.45) is 7.05 Å². The molecule has 0 aliphatic heterocycles. The SMILES string of the molecule is Cn1cc(-c2ccnc3c2cc(C(F)F)n3S(=O)(=O)c2ccccc2)c(-c2ccc(F)cn2)n1. The molecule has 11 heteroatoms. The summed E-state index contributed by atoms with van der Waals surface area (Å²) >= 11 is 0. The number of pyridine rings is 2. The molecule has 0 saturated heterocycles. The van der Waals surface area contributed by atoms with Crippen LogP contribution in [0.15, 0.2) is 78.1 Å². The summed E-state index contributed by atoms with van der Waals surface area (Å²) in [6.45, 7) is 0. The molecule has 0 fully saturated rings. The maximum atomic E-state index is 14.1. The molecular formula is C23H16F3N5O2S. The number of alkyl halides is 2. The lowest BCUT2D eigenvalue weighted by atomic mass is 10.0. The van der Waals surface area contributed by atoms with Crippen LogP contribution in [0.5, 0.6) is 0 Å². The zero-order chi connectivity index (χ0) is 24.0. The standard InChI is InChI=1S/C23H16F3N5O2S/c1-30-13-18(21(29-30)19-8-7-14(24)12-28-19)16-9-10-27-23-17(16)11-20(22(25)26)31(23)34(32,33)15-5-3-2-4-6-15/h2-13,22H,1H3. The fourth-order valence-electron chi connectivity index (χ4n) is 3.82. The monoisotopic (exact) mass is 483 g/mol. The molecule has 0 aliphatic rings. The number of hydrogen-bond acceptors (Lipinski definition) is 5. The van der Waals surface area contributed by atoms with Gasteiger partial charge in [0.15, 0.2) is 5.65 Å². The van der Waals surface area contributed by atoms with Crippen LogP contribution in [-0.4, -0.2) is 32.1 Å². The predicted molar refractivity (Wildman–Crippen MR) is 119 cm³/mol. The van der Waals surface area contributed by atoms with Gasteiger partial charge in [0.05, 0.1) is 16.8 Å². The summed E-state index contributed by atoms with van der Waals surface area (Å²) in [7, 11) is -2.69. The maximum absolute atomic E-state index is 14.1. The van der Waals surface area contributed by atoms with E-state index in [-0.39, 0.29) is 15.9 Å². The van der Waals surface area contributed by atoms with E-state index in [1.165, 1.54) is 47.3 Å². The molecule has 5 aromatic rings. The summed E-state index contributed by atoms with van der Waals surface area (Å²) in [6, 6.07) is 12.7. The Kier molecular flexibility index (Phi) is 5.20. The van der Waals surface area contributed by atoms with Crippen LogP contribution in [-0.2, 0) is 17.1 Å². The Hall–Kier alpha value is -3.99. The average Bonchev–Trinajstić information content (AvgIpc) is 3.41. The van der Waals surface area contributed by atoms with Gasteiger partial charge in [-0.25, -0.2) is 30.5 Å². The summed E-state index contributed by atoms with van der Waals surface area (Å²) in [5.41, 5.74) is 0.842. The normalized spacial score (nSPS) is 12.0. The second kappa shape index (κ2) is 8.10. The number of hydrogen-bond donors (Lipinski definition) is 0. The molecule has 0 unspecified atom stereocenters. The third-order valence-corrected chi connectivity index (χ3v) is 7.01. The van der Waals surface area contributed by atoms with Crippen LogP contribution in [0.2, 0.25) is 0 Å². The van der Waals surface area contributed by atoms with E-state index >= 15 is 0 Å². The van der Waals surface area contributed by atoms with Gasteiger partial charge in [0.2, 0.25) is 0 Å². The number of halogens is 3. The largest absolute Gasteiger partial charge is 0.279 e. The molecule has 1 aromatic carbocycles. The van der Waals surface area contributed by atoms with Crippen molar-refractivity contribution in [3.05, 3.63) is 84.7 Å². The van der Waals surface area contributed by atoms with E-state index in [4.69, 9.17) is 0 Å². The first-order valence-electron chi connectivity index (χ1n) is 10.0. The Morgan fingerprint density at radius 3 is 2.41 bits per heavy atom. The molecule has 0 amide bonds. The third kappa shape index (κ3) is 3.54. The number of rotatable bonds is 5. The van der Waals surface area contributed by atoms with Gasteiger partial charge >= 0.3 is 0 Å². The highest BCUT2D eigenvalue weighted by molar-refractivity contribution is 7.90. The molecule has 172 valence electrons.